The second kappa shape index (κ2) is 3.80. The Morgan fingerprint density at radius 2 is 1.75 bits per heavy atom. The van der Waals surface area contributed by atoms with Gasteiger partial charge in [-0.05, 0) is 54.7 Å². The average Bonchev–Trinajstić information content (AvgIpc) is 2.60. The molecule has 0 aromatic rings. The van der Waals surface area contributed by atoms with Crippen LogP contribution in [0.25, 0.3) is 0 Å². The lowest BCUT2D eigenvalue weighted by Gasteiger charge is -2.10. The molecule has 16 heavy (non-hydrogen) atoms. The molecule has 2 bridgehead atoms. The number of alkyl halides is 3. The summed E-state index contributed by atoms with van der Waals surface area (Å²) in [4.78, 5) is 0. The molecule has 92 valence electrons. The first-order valence-corrected chi connectivity index (χ1v) is 6.99. The lowest BCUT2D eigenvalue weighted by molar-refractivity contribution is -0.0327. The second-order valence-corrected chi connectivity index (χ2v) is 6.42. The highest BCUT2D eigenvalue weighted by molar-refractivity contribution is 8.00. The molecule has 0 saturated heterocycles. The van der Waals surface area contributed by atoms with Gasteiger partial charge in [0.1, 0.15) is 0 Å². The van der Waals surface area contributed by atoms with Gasteiger partial charge < -0.3 is 5.32 Å². The van der Waals surface area contributed by atoms with Crippen molar-refractivity contribution in [1.29, 1.82) is 0 Å². The van der Waals surface area contributed by atoms with E-state index in [2.05, 4.69) is 5.32 Å². The van der Waals surface area contributed by atoms with Gasteiger partial charge in [-0.3, -0.25) is 0 Å². The molecule has 0 heterocycles. The zero-order chi connectivity index (χ0) is 11.3. The summed E-state index contributed by atoms with van der Waals surface area (Å²) in [5.74, 6) is 3.56. The zero-order valence-corrected chi connectivity index (χ0v) is 9.78. The third kappa shape index (κ3) is 1.96. The van der Waals surface area contributed by atoms with Crippen molar-refractivity contribution < 1.29 is 13.2 Å². The largest absolute Gasteiger partial charge is 0.441 e. The quantitative estimate of drug-likeness (QED) is 0.771. The normalized spacial score (nSPS) is 44.8. The van der Waals surface area contributed by atoms with Crippen LogP contribution in [-0.4, -0.2) is 23.8 Å². The van der Waals surface area contributed by atoms with Crippen LogP contribution in [0.15, 0.2) is 0 Å². The molecule has 0 aromatic carbocycles. The maximum absolute atomic E-state index is 11.9. The van der Waals surface area contributed by atoms with Crippen LogP contribution in [0.2, 0.25) is 0 Å². The predicted molar refractivity (Wildman–Crippen MR) is 58.1 cm³/mol. The van der Waals surface area contributed by atoms with Crippen LogP contribution in [-0.2, 0) is 0 Å². The summed E-state index contributed by atoms with van der Waals surface area (Å²) >= 11 is 0.0861. The highest BCUT2D eigenvalue weighted by atomic mass is 32.2. The Morgan fingerprint density at radius 1 is 1.12 bits per heavy atom. The van der Waals surface area contributed by atoms with Crippen molar-refractivity contribution in [2.24, 2.45) is 23.7 Å². The Kier molecular flexibility index (Phi) is 2.66. The lowest BCUT2D eigenvalue weighted by Crippen LogP contribution is -2.26. The molecule has 3 rings (SSSR count). The minimum absolute atomic E-state index is 0.0861. The second-order valence-electron chi connectivity index (χ2n) is 5.26. The summed E-state index contributed by atoms with van der Waals surface area (Å²) in [5, 5.41) is 3.31. The topological polar surface area (TPSA) is 12.0 Å². The van der Waals surface area contributed by atoms with Crippen LogP contribution in [0.5, 0.6) is 0 Å². The van der Waals surface area contributed by atoms with Gasteiger partial charge in [-0.2, -0.15) is 13.2 Å². The third-order valence-electron chi connectivity index (χ3n) is 4.48. The number of nitrogens with one attached hydrogen (secondary N) is 1. The van der Waals surface area contributed by atoms with Crippen molar-refractivity contribution in [2.75, 3.05) is 12.3 Å². The number of halogens is 3. The fraction of sp³-hybridized carbons (Fsp3) is 1.00. The standard InChI is InChI=1S/C11H16F3NS/c12-11(13,14)16-4-3-15-10-8-6-1-2-7(5-6)9(8)10/h6-10,15H,1-5H2. The van der Waals surface area contributed by atoms with E-state index in [-0.39, 0.29) is 17.5 Å². The van der Waals surface area contributed by atoms with Crippen LogP contribution in [0.1, 0.15) is 19.3 Å². The van der Waals surface area contributed by atoms with E-state index in [0.717, 1.165) is 23.7 Å². The number of thioether (sulfide) groups is 1. The smallest absolute Gasteiger partial charge is 0.313 e. The van der Waals surface area contributed by atoms with E-state index < -0.39 is 5.51 Å². The van der Waals surface area contributed by atoms with E-state index in [1.807, 2.05) is 0 Å². The van der Waals surface area contributed by atoms with Gasteiger partial charge in [0, 0.05) is 18.3 Å². The number of hydrogen-bond donors (Lipinski definition) is 1. The summed E-state index contributed by atoms with van der Waals surface area (Å²) in [7, 11) is 0. The summed E-state index contributed by atoms with van der Waals surface area (Å²) in [6, 6.07) is 0.556. The van der Waals surface area contributed by atoms with Crippen molar-refractivity contribution in [3.8, 4) is 0 Å². The van der Waals surface area contributed by atoms with Crippen LogP contribution < -0.4 is 5.32 Å². The van der Waals surface area contributed by atoms with Gasteiger partial charge in [0.25, 0.3) is 0 Å². The lowest BCUT2D eigenvalue weighted by atomic mass is 10.0. The van der Waals surface area contributed by atoms with Gasteiger partial charge in [0.2, 0.25) is 0 Å². The van der Waals surface area contributed by atoms with E-state index >= 15 is 0 Å². The van der Waals surface area contributed by atoms with Crippen molar-refractivity contribution >= 4 is 11.8 Å². The van der Waals surface area contributed by atoms with E-state index in [1.54, 1.807) is 0 Å². The Hall–Kier alpha value is 0.1000. The molecule has 4 atom stereocenters. The number of rotatable bonds is 4. The third-order valence-corrected chi connectivity index (χ3v) is 5.22. The fourth-order valence-electron chi connectivity index (χ4n) is 3.99. The SMILES string of the molecule is FC(F)(F)SCCNC1C2C3CCC(C3)C12. The molecular formula is C11H16F3NS. The molecular weight excluding hydrogens is 235 g/mol. The molecule has 1 N–H and O–H groups in total. The van der Waals surface area contributed by atoms with E-state index in [9.17, 15) is 13.2 Å². The molecule has 3 aliphatic carbocycles. The molecule has 0 radical (unpaired) electrons. The molecule has 0 amide bonds. The minimum atomic E-state index is -4.07. The molecule has 0 spiro atoms. The molecule has 3 saturated carbocycles. The fourth-order valence-corrected chi connectivity index (χ4v) is 4.44. The predicted octanol–water partition coefficient (Wildman–Crippen LogP) is 2.87. The van der Waals surface area contributed by atoms with Gasteiger partial charge >= 0.3 is 5.51 Å². The van der Waals surface area contributed by atoms with Crippen LogP contribution in [0, 0.1) is 23.7 Å². The van der Waals surface area contributed by atoms with Gasteiger partial charge in [-0.1, -0.05) is 0 Å². The van der Waals surface area contributed by atoms with Crippen molar-refractivity contribution in [3.63, 3.8) is 0 Å². The first-order valence-electron chi connectivity index (χ1n) is 6.00. The van der Waals surface area contributed by atoms with Crippen molar-refractivity contribution in [3.05, 3.63) is 0 Å². The van der Waals surface area contributed by atoms with Crippen molar-refractivity contribution in [2.45, 2.75) is 30.8 Å². The van der Waals surface area contributed by atoms with Gasteiger partial charge in [-0.15, -0.1) is 0 Å². The number of fused-ring (bicyclic) bond motifs is 5. The van der Waals surface area contributed by atoms with Gasteiger partial charge in [0.05, 0.1) is 0 Å². The Labute approximate surface area is 97.5 Å². The molecule has 5 heteroatoms. The molecule has 0 aliphatic heterocycles. The summed E-state index contributed by atoms with van der Waals surface area (Å²) in [6.45, 7) is 0.501. The summed E-state index contributed by atoms with van der Waals surface area (Å²) < 4.78 is 35.7. The van der Waals surface area contributed by atoms with Crippen LogP contribution >= 0.6 is 11.8 Å². The minimum Gasteiger partial charge on any atom is -0.313 e. The van der Waals surface area contributed by atoms with Crippen LogP contribution in [0.3, 0.4) is 0 Å². The molecule has 3 fully saturated rings. The zero-order valence-electron chi connectivity index (χ0n) is 8.96. The van der Waals surface area contributed by atoms with Crippen molar-refractivity contribution in [1.82, 2.24) is 5.32 Å². The van der Waals surface area contributed by atoms with E-state index in [0.29, 0.717) is 12.6 Å². The van der Waals surface area contributed by atoms with Gasteiger partial charge in [-0.25, -0.2) is 0 Å². The monoisotopic (exact) mass is 251 g/mol. The van der Waals surface area contributed by atoms with Gasteiger partial charge in [0.15, 0.2) is 0 Å². The first-order chi connectivity index (χ1) is 7.56. The number of hydrogen-bond acceptors (Lipinski definition) is 2. The van der Waals surface area contributed by atoms with E-state index in [4.69, 9.17) is 0 Å². The summed E-state index contributed by atoms with van der Waals surface area (Å²) in [5.41, 5.74) is -4.07. The first kappa shape index (κ1) is 11.2. The Balaban J connectivity index is 1.37. The van der Waals surface area contributed by atoms with Crippen LogP contribution in [0.4, 0.5) is 13.2 Å². The molecule has 3 aliphatic rings. The summed E-state index contributed by atoms with van der Waals surface area (Å²) in [6.07, 6.45) is 4.12. The van der Waals surface area contributed by atoms with E-state index in [1.165, 1.54) is 19.3 Å². The highest BCUT2D eigenvalue weighted by Crippen LogP contribution is 2.65. The Bertz CT molecular complexity index is 265. The maximum atomic E-state index is 11.9. The average molecular weight is 251 g/mol. The molecule has 1 nitrogen and oxygen atoms in total. The molecule has 4 unspecified atom stereocenters. The molecule has 0 aromatic heterocycles. The highest BCUT2D eigenvalue weighted by Gasteiger charge is 2.64. The maximum Gasteiger partial charge on any atom is 0.441 e. The Morgan fingerprint density at radius 3 is 2.31 bits per heavy atom.